The third kappa shape index (κ3) is 2.78. The average Bonchev–Trinajstić information content (AvgIpc) is 3.24. The molecule has 1 N–H and O–H groups in total. The van der Waals surface area contributed by atoms with Gasteiger partial charge < -0.3 is 14.7 Å². The smallest absolute Gasteiger partial charge is 0.254 e. The number of benzene rings is 2. The summed E-state index contributed by atoms with van der Waals surface area (Å²) in [7, 11) is 1.62. The molecule has 0 aromatic heterocycles. The lowest BCUT2D eigenvalue weighted by molar-refractivity contribution is 0.0571. The van der Waals surface area contributed by atoms with Gasteiger partial charge in [-0.3, -0.25) is 4.79 Å². The molecule has 0 radical (unpaired) electrons. The van der Waals surface area contributed by atoms with Crippen molar-refractivity contribution in [3.05, 3.63) is 65.7 Å². The number of aliphatic hydroxyl groups is 1. The molecule has 0 aliphatic carbocycles. The molecule has 2 aromatic rings. The van der Waals surface area contributed by atoms with E-state index in [4.69, 9.17) is 4.74 Å². The fourth-order valence-electron chi connectivity index (χ4n) is 4.90. The minimum atomic E-state index is -0.230. The lowest BCUT2D eigenvalue weighted by Gasteiger charge is -2.36. The van der Waals surface area contributed by atoms with Crippen molar-refractivity contribution in [2.45, 2.75) is 37.8 Å². The van der Waals surface area contributed by atoms with Crippen LogP contribution in [-0.2, 0) is 6.42 Å². The van der Waals surface area contributed by atoms with E-state index in [0.717, 1.165) is 31.4 Å². The topological polar surface area (TPSA) is 49.8 Å². The molecular formula is C22H25NO3. The Morgan fingerprint density at radius 1 is 1.15 bits per heavy atom. The van der Waals surface area contributed by atoms with Crippen molar-refractivity contribution in [2.75, 3.05) is 13.7 Å². The quantitative estimate of drug-likeness (QED) is 0.899. The van der Waals surface area contributed by atoms with Crippen molar-refractivity contribution in [3.8, 4) is 5.75 Å². The van der Waals surface area contributed by atoms with Crippen LogP contribution in [0.25, 0.3) is 0 Å². The molecule has 2 bridgehead atoms. The number of methoxy groups -OCH3 is 1. The Hall–Kier alpha value is -2.33. The van der Waals surface area contributed by atoms with Crippen LogP contribution in [0.15, 0.2) is 54.6 Å². The molecule has 2 aliphatic heterocycles. The van der Waals surface area contributed by atoms with Crippen molar-refractivity contribution < 1.29 is 14.6 Å². The average molecular weight is 351 g/mol. The Morgan fingerprint density at radius 2 is 1.88 bits per heavy atom. The van der Waals surface area contributed by atoms with Crippen molar-refractivity contribution in [1.82, 2.24) is 4.90 Å². The predicted molar refractivity (Wildman–Crippen MR) is 100 cm³/mol. The van der Waals surface area contributed by atoms with E-state index in [-0.39, 0.29) is 30.0 Å². The van der Waals surface area contributed by atoms with Gasteiger partial charge in [0.1, 0.15) is 5.75 Å². The van der Waals surface area contributed by atoms with Crippen LogP contribution in [0.5, 0.6) is 5.75 Å². The van der Waals surface area contributed by atoms with E-state index in [1.165, 1.54) is 5.56 Å². The fourth-order valence-corrected chi connectivity index (χ4v) is 4.90. The Balaban J connectivity index is 1.59. The van der Waals surface area contributed by atoms with Crippen LogP contribution in [0, 0.1) is 5.41 Å². The molecule has 0 spiro atoms. The molecule has 2 fully saturated rings. The maximum atomic E-state index is 13.2. The van der Waals surface area contributed by atoms with E-state index in [9.17, 15) is 9.90 Å². The standard InChI is InChI=1S/C22H25NO3/c1-26-19-10-7-17(8-11-19)21(25)23-18-9-12-20(23)22(14-18,15-24)13-16-5-3-2-4-6-16/h2-8,10-11,18,20,24H,9,12-15H2,1H3/t18-,20+,22-/m0/s1. The lowest BCUT2D eigenvalue weighted by atomic mass is 9.70. The van der Waals surface area contributed by atoms with Gasteiger partial charge in [-0.2, -0.15) is 0 Å². The molecule has 2 aliphatic rings. The summed E-state index contributed by atoms with van der Waals surface area (Å²) in [5, 5.41) is 10.3. The van der Waals surface area contributed by atoms with Gasteiger partial charge in [0.15, 0.2) is 0 Å². The number of carbonyl (C=O) groups excluding carboxylic acids is 1. The Bertz CT molecular complexity index is 774. The van der Waals surface area contributed by atoms with Crippen LogP contribution < -0.4 is 4.74 Å². The van der Waals surface area contributed by atoms with Gasteiger partial charge in [-0.25, -0.2) is 0 Å². The Labute approximate surface area is 154 Å². The Kier molecular flexibility index (Phi) is 4.45. The molecule has 2 heterocycles. The summed E-state index contributed by atoms with van der Waals surface area (Å²) < 4.78 is 5.19. The van der Waals surface area contributed by atoms with Crippen LogP contribution in [-0.4, -0.2) is 41.7 Å². The van der Waals surface area contributed by atoms with Gasteiger partial charge in [0.05, 0.1) is 13.7 Å². The van der Waals surface area contributed by atoms with E-state index in [2.05, 4.69) is 12.1 Å². The van der Waals surface area contributed by atoms with E-state index in [0.29, 0.717) is 5.56 Å². The number of nitrogens with zero attached hydrogens (tertiary/aromatic N) is 1. The van der Waals surface area contributed by atoms with Gasteiger partial charge in [-0.1, -0.05) is 30.3 Å². The van der Waals surface area contributed by atoms with Crippen LogP contribution in [0.1, 0.15) is 35.2 Å². The van der Waals surface area contributed by atoms with Crippen molar-refractivity contribution in [3.63, 3.8) is 0 Å². The zero-order chi connectivity index (χ0) is 18.1. The largest absolute Gasteiger partial charge is 0.497 e. The molecule has 1 amide bonds. The maximum Gasteiger partial charge on any atom is 0.254 e. The molecular weight excluding hydrogens is 326 g/mol. The van der Waals surface area contributed by atoms with Gasteiger partial charge in [0.2, 0.25) is 0 Å². The first-order valence-corrected chi connectivity index (χ1v) is 9.28. The number of carbonyl (C=O) groups is 1. The van der Waals surface area contributed by atoms with E-state index in [1.54, 1.807) is 7.11 Å². The molecule has 136 valence electrons. The van der Waals surface area contributed by atoms with Crippen LogP contribution in [0.2, 0.25) is 0 Å². The minimum absolute atomic E-state index is 0.0727. The second kappa shape index (κ2) is 6.76. The molecule has 4 nitrogen and oxygen atoms in total. The normalized spacial score (nSPS) is 26.9. The van der Waals surface area contributed by atoms with Gasteiger partial charge in [-0.15, -0.1) is 0 Å². The summed E-state index contributed by atoms with van der Waals surface area (Å²) in [4.78, 5) is 15.2. The first-order valence-electron chi connectivity index (χ1n) is 9.28. The molecule has 0 unspecified atom stereocenters. The monoisotopic (exact) mass is 351 g/mol. The molecule has 4 rings (SSSR count). The number of amides is 1. The molecule has 0 saturated carbocycles. The zero-order valence-corrected chi connectivity index (χ0v) is 15.1. The summed E-state index contributed by atoms with van der Waals surface area (Å²) in [6, 6.07) is 17.9. The highest BCUT2D eigenvalue weighted by molar-refractivity contribution is 5.95. The highest BCUT2D eigenvalue weighted by atomic mass is 16.5. The van der Waals surface area contributed by atoms with Gasteiger partial charge in [0, 0.05) is 23.1 Å². The number of rotatable bonds is 5. The lowest BCUT2D eigenvalue weighted by Crippen LogP contribution is -2.43. The van der Waals surface area contributed by atoms with Crippen molar-refractivity contribution >= 4 is 5.91 Å². The second-order valence-corrected chi connectivity index (χ2v) is 7.57. The van der Waals surface area contributed by atoms with Crippen molar-refractivity contribution in [1.29, 1.82) is 0 Å². The molecule has 4 heteroatoms. The van der Waals surface area contributed by atoms with Crippen molar-refractivity contribution in [2.24, 2.45) is 5.41 Å². The molecule has 26 heavy (non-hydrogen) atoms. The first-order chi connectivity index (χ1) is 12.7. The highest BCUT2D eigenvalue weighted by Gasteiger charge is 2.57. The molecule has 2 saturated heterocycles. The van der Waals surface area contributed by atoms with Crippen LogP contribution in [0.4, 0.5) is 0 Å². The predicted octanol–water partition coefficient (Wildman–Crippen LogP) is 3.29. The van der Waals surface area contributed by atoms with Gasteiger partial charge in [-0.05, 0) is 55.5 Å². The number of hydrogen-bond acceptors (Lipinski definition) is 3. The third-order valence-electron chi connectivity index (χ3n) is 6.14. The van der Waals surface area contributed by atoms with Crippen LogP contribution in [0.3, 0.4) is 0 Å². The summed E-state index contributed by atoms with van der Waals surface area (Å²) in [6.45, 7) is 0.120. The van der Waals surface area contributed by atoms with E-state index >= 15 is 0 Å². The number of fused-ring (bicyclic) bond motifs is 2. The van der Waals surface area contributed by atoms with Gasteiger partial charge >= 0.3 is 0 Å². The van der Waals surface area contributed by atoms with E-state index < -0.39 is 0 Å². The third-order valence-corrected chi connectivity index (χ3v) is 6.14. The molecule has 2 aromatic carbocycles. The summed E-state index contributed by atoms with van der Waals surface area (Å²) in [5.74, 6) is 0.822. The fraction of sp³-hybridized carbons (Fsp3) is 0.409. The maximum absolute atomic E-state index is 13.2. The van der Waals surface area contributed by atoms with Crippen LogP contribution >= 0.6 is 0 Å². The number of hydrogen-bond donors (Lipinski definition) is 1. The summed E-state index contributed by atoms with van der Waals surface area (Å²) >= 11 is 0. The minimum Gasteiger partial charge on any atom is -0.497 e. The summed E-state index contributed by atoms with van der Waals surface area (Å²) in [5.41, 5.74) is 1.69. The second-order valence-electron chi connectivity index (χ2n) is 7.57. The molecule has 3 atom stereocenters. The van der Waals surface area contributed by atoms with E-state index in [1.807, 2.05) is 47.4 Å². The number of aliphatic hydroxyl groups excluding tert-OH is 1. The van der Waals surface area contributed by atoms with Gasteiger partial charge in [0.25, 0.3) is 5.91 Å². The Morgan fingerprint density at radius 3 is 2.54 bits per heavy atom. The number of ether oxygens (including phenoxy) is 1. The summed E-state index contributed by atoms with van der Waals surface area (Å²) in [6.07, 6.45) is 3.70. The highest BCUT2D eigenvalue weighted by Crippen LogP contribution is 2.51. The first kappa shape index (κ1) is 17.1. The zero-order valence-electron chi connectivity index (χ0n) is 15.1. The SMILES string of the molecule is COc1ccc(C(=O)N2[C@H]3CC[C@@H]2[C@@](CO)(Cc2ccccc2)C3)cc1.